The summed E-state index contributed by atoms with van der Waals surface area (Å²) in [7, 11) is 0. The van der Waals surface area contributed by atoms with E-state index in [0.717, 1.165) is 5.56 Å². The van der Waals surface area contributed by atoms with E-state index in [1.807, 2.05) is 36.4 Å². The Bertz CT molecular complexity index is 612. The van der Waals surface area contributed by atoms with Gasteiger partial charge >= 0.3 is 0 Å². The summed E-state index contributed by atoms with van der Waals surface area (Å²) in [4.78, 5) is 16.7. The smallest absolute Gasteiger partial charge is 0.296 e. The third-order valence-corrected chi connectivity index (χ3v) is 2.57. The zero-order valence-electron chi connectivity index (χ0n) is 10.5. The molecule has 5 heteroatoms. The molecule has 2 aromatic carbocycles. The maximum Gasteiger partial charge on any atom is 0.296 e. The van der Waals surface area contributed by atoms with Crippen molar-refractivity contribution in [3.8, 4) is 0 Å². The molecule has 4 nitrogen and oxygen atoms in total. The molecule has 0 unspecified atom stereocenters. The van der Waals surface area contributed by atoms with E-state index in [1.165, 1.54) is 6.21 Å². The van der Waals surface area contributed by atoms with Crippen LogP contribution in [0.1, 0.15) is 15.9 Å². The van der Waals surface area contributed by atoms with E-state index in [2.05, 4.69) is 10.5 Å². The van der Waals surface area contributed by atoms with Crippen molar-refractivity contribution in [2.24, 2.45) is 5.16 Å². The molecule has 20 heavy (non-hydrogen) atoms. The molecular weight excluding hydrogens is 272 g/mol. The Labute approximate surface area is 122 Å². The fourth-order valence-corrected chi connectivity index (χ4v) is 1.59. The van der Waals surface area contributed by atoms with Crippen LogP contribution in [0.2, 0.25) is 0 Å². The molecule has 100 valence electrons. The molecule has 0 aliphatic carbocycles. The Balaban J connectivity index is 1.84. The van der Waals surface area contributed by atoms with Gasteiger partial charge in [0.25, 0.3) is 11.1 Å². The molecule has 0 aliphatic heterocycles. The molecule has 0 saturated carbocycles. The lowest BCUT2D eigenvalue weighted by Gasteiger charge is -2.03. The Morgan fingerprint density at radius 3 is 2.30 bits per heavy atom. The molecule has 1 amide bonds. The number of thiocarbonyl (C=S) groups is 1. The summed E-state index contributed by atoms with van der Waals surface area (Å²) in [6, 6.07) is 18.2. The second-order valence-electron chi connectivity index (χ2n) is 3.84. The van der Waals surface area contributed by atoms with Crippen LogP contribution in [0.5, 0.6) is 0 Å². The molecule has 0 heterocycles. The van der Waals surface area contributed by atoms with Crippen molar-refractivity contribution in [2.75, 3.05) is 0 Å². The highest BCUT2D eigenvalue weighted by atomic mass is 32.1. The van der Waals surface area contributed by atoms with Gasteiger partial charge in [-0.1, -0.05) is 53.7 Å². The summed E-state index contributed by atoms with van der Waals surface area (Å²) >= 11 is 4.88. The second kappa shape index (κ2) is 7.16. The van der Waals surface area contributed by atoms with Crippen LogP contribution >= 0.6 is 12.2 Å². The average Bonchev–Trinajstić information content (AvgIpc) is 2.49. The van der Waals surface area contributed by atoms with E-state index < -0.39 is 0 Å². The molecule has 0 aliphatic rings. The molecule has 0 radical (unpaired) electrons. The number of carbonyl (C=O) groups excluding carboxylic acids is 1. The molecule has 2 aromatic rings. The standard InChI is InChI=1S/C15H12N2O2S/c18-14(13-9-5-2-6-10-13)17-15(20)19-16-11-12-7-3-1-4-8-12/h1-11H,(H,17,18,20). The van der Waals surface area contributed by atoms with Crippen LogP contribution in [0.15, 0.2) is 65.8 Å². The SMILES string of the molecule is O=C(NC(=S)ON=Cc1ccccc1)c1ccccc1. The largest absolute Gasteiger partial charge is 0.326 e. The molecule has 0 bridgehead atoms. The van der Waals surface area contributed by atoms with E-state index in [4.69, 9.17) is 17.1 Å². The zero-order chi connectivity index (χ0) is 14.2. The van der Waals surface area contributed by atoms with Crippen molar-refractivity contribution < 1.29 is 9.63 Å². The van der Waals surface area contributed by atoms with Gasteiger partial charge in [0.15, 0.2) is 0 Å². The van der Waals surface area contributed by atoms with Crippen LogP contribution in [0.25, 0.3) is 0 Å². The molecule has 0 spiro atoms. The molecule has 0 saturated heterocycles. The number of rotatable bonds is 3. The zero-order valence-corrected chi connectivity index (χ0v) is 11.3. The number of amides is 1. The fourth-order valence-electron chi connectivity index (χ4n) is 1.45. The number of nitrogens with one attached hydrogen (secondary N) is 1. The predicted molar refractivity (Wildman–Crippen MR) is 81.6 cm³/mol. The highest BCUT2D eigenvalue weighted by Gasteiger charge is 2.07. The van der Waals surface area contributed by atoms with E-state index >= 15 is 0 Å². The monoisotopic (exact) mass is 284 g/mol. The first kappa shape index (κ1) is 13.9. The molecule has 2 rings (SSSR count). The minimum absolute atomic E-state index is 0.0916. The predicted octanol–water partition coefficient (Wildman–Crippen LogP) is 2.75. The van der Waals surface area contributed by atoms with Crippen molar-refractivity contribution in [2.45, 2.75) is 0 Å². The number of nitrogens with zero attached hydrogens (tertiary/aromatic N) is 1. The van der Waals surface area contributed by atoms with Crippen molar-refractivity contribution >= 4 is 29.5 Å². The Kier molecular flexibility index (Phi) is 4.97. The van der Waals surface area contributed by atoms with Gasteiger partial charge in [0.2, 0.25) is 0 Å². The third kappa shape index (κ3) is 4.29. The minimum Gasteiger partial charge on any atom is -0.326 e. The normalized spacial score (nSPS) is 10.2. The quantitative estimate of drug-likeness (QED) is 0.535. The number of oxime groups is 1. The number of carbonyl (C=O) groups is 1. The summed E-state index contributed by atoms with van der Waals surface area (Å²) < 4.78 is 0. The van der Waals surface area contributed by atoms with Crippen LogP contribution < -0.4 is 5.32 Å². The van der Waals surface area contributed by atoms with Crippen LogP contribution in [-0.4, -0.2) is 17.3 Å². The van der Waals surface area contributed by atoms with Gasteiger partial charge in [0.1, 0.15) is 0 Å². The summed E-state index contributed by atoms with van der Waals surface area (Å²) in [5.74, 6) is -0.328. The first-order valence-corrected chi connectivity index (χ1v) is 6.32. The van der Waals surface area contributed by atoms with Crippen molar-refractivity contribution in [1.29, 1.82) is 0 Å². The summed E-state index contributed by atoms with van der Waals surface area (Å²) in [6.07, 6.45) is 1.51. The molecule has 0 atom stereocenters. The maximum atomic E-state index is 11.8. The lowest BCUT2D eigenvalue weighted by molar-refractivity contribution is 0.0968. The Morgan fingerprint density at radius 1 is 1.05 bits per heavy atom. The fraction of sp³-hybridized carbons (Fsp3) is 0. The maximum absolute atomic E-state index is 11.8. The molecule has 0 aromatic heterocycles. The van der Waals surface area contributed by atoms with Gasteiger partial charge < -0.3 is 4.84 Å². The van der Waals surface area contributed by atoms with Gasteiger partial charge in [-0.3, -0.25) is 10.1 Å². The molecular formula is C15H12N2O2S. The van der Waals surface area contributed by atoms with Crippen molar-refractivity contribution in [3.63, 3.8) is 0 Å². The summed E-state index contributed by atoms with van der Waals surface area (Å²) in [6.45, 7) is 0. The summed E-state index contributed by atoms with van der Waals surface area (Å²) in [5.41, 5.74) is 1.38. The van der Waals surface area contributed by atoms with E-state index in [1.54, 1.807) is 24.3 Å². The third-order valence-electron chi connectivity index (χ3n) is 2.39. The van der Waals surface area contributed by atoms with Gasteiger partial charge in [-0.25, -0.2) is 0 Å². The van der Waals surface area contributed by atoms with Crippen molar-refractivity contribution in [3.05, 3.63) is 71.8 Å². The summed E-state index contributed by atoms with van der Waals surface area (Å²) in [5, 5.41) is 6.05. The number of benzene rings is 2. The minimum atomic E-state index is -0.328. The van der Waals surface area contributed by atoms with E-state index in [0.29, 0.717) is 5.56 Å². The van der Waals surface area contributed by atoms with E-state index in [9.17, 15) is 4.79 Å². The first-order chi connectivity index (χ1) is 9.75. The van der Waals surface area contributed by atoms with Crippen LogP contribution in [0, 0.1) is 0 Å². The van der Waals surface area contributed by atoms with Crippen LogP contribution in [0.4, 0.5) is 0 Å². The number of hydrogen-bond acceptors (Lipinski definition) is 4. The number of hydrogen-bond donors (Lipinski definition) is 1. The van der Waals surface area contributed by atoms with E-state index in [-0.39, 0.29) is 11.1 Å². The molecule has 0 fully saturated rings. The first-order valence-electron chi connectivity index (χ1n) is 5.91. The Hall–Kier alpha value is -2.53. The second-order valence-corrected chi connectivity index (χ2v) is 4.21. The molecule has 1 N–H and O–H groups in total. The lowest BCUT2D eigenvalue weighted by atomic mass is 10.2. The van der Waals surface area contributed by atoms with Gasteiger partial charge in [0, 0.05) is 5.56 Å². The van der Waals surface area contributed by atoms with Gasteiger partial charge in [0.05, 0.1) is 6.21 Å². The highest BCUT2D eigenvalue weighted by Crippen LogP contribution is 1.98. The van der Waals surface area contributed by atoms with Gasteiger partial charge in [-0.2, -0.15) is 0 Å². The van der Waals surface area contributed by atoms with Crippen LogP contribution in [-0.2, 0) is 4.84 Å². The topological polar surface area (TPSA) is 50.7 Å². The van der Waals surface area contributed by atoms with Gasteiger partial charge in [-0.05, 0) is 29.9 Å². The Morgan fingerprint density at radius 2 is 1.65 bits per heavy atom. The van der Waals surface area contributed by atoms with Gasteiger partial charge in [-0.15, -0.1) is 0 Å². The lowest BCUT2D eigenvalue weighted by Crippen LogP contribution is -2.29. The van der Waals surface area contributed by atoms with Crippen molar-refractivity contribution in [1.82, 2.24) is 5.32 Å². The van der Waals surface area contributed by atoms with Crippen LogP contribution in [0.3, 0.4) is 0 Å². The average molecular weight is 284 g/mol. The highest BCUT2D eigenvalue weighted by molar-refractivity contribution is 7.80.